The zero-order chi connectivity index (χ0) is 13.7. The van der Waals surface area contributed by atoms with Crippen LogP contribution in [0.2, 0.25) is 0 Å². The second kappa shape index (κ2) is 4.28. The number of hydrogen-bond acceptors (Lipinski definition) is 4. The molecule has 0 amide bonds. The van der Waals surface area contributed by atoms with Crippen LogP contribution in [0, 0.1) is 5.92 Å². The Hall–Kier alpha value is -1.95. The van der Waals surface area contributed by atoms with E-state index in [2.05, 4.69) is 31.5 Å². The van der Waals surface area contributed by atoms with E-state index in [0.717, 1.165) is 41.9 Å². The first kappa shape index (κ1) is 11.8. The summed E-state index contributed by atoms with van der Waals surface area (Å²) < 4.78 is 2.07. The molecule has 6 nitrogen and oxygen atoms in total. The van der Waals surface area contributed by atoms with Gasteiger partial charge in [0.25, 0.3) is 0 Å². The van der Waals surface area contributed by atoms with E-state index in [1.807, 2.05) is 12.3 Å². The summed E-state index contributed by atoms with van der Waals surface area (Å²) in [6, 6.07) is 1.99. The Labute approximate surface area is 115 Å². The molecule has 3 heterocycles. The number of H-pyrrole nitrogens is 1. The summed E-state index contributed by atoms with van der Waals surface area (Å²) >= 11 is 0. The fourth-order valence-electron chi connectivity index (χ4n) is 3.50. The fraction of sp³-hybridized carbons (Fsp3) is 0.500. The molecule has 0 unspecified atom stereocenters. The van der Waals surface area contributed by atoms with Crippen LogP contribution in [0.4, 0.5) is 0 Å². The molecule has 0 spiro atoms. The number of hydrogen-bond donors (Lipinski definition) is 2. The Morgan fingerprint density at radius 2 is 2.30 bits per heavy atom. The number of nitrogens with one attached hydrogen (secondary N) is 1. The molecule has 3 atom stereocenters. The van der Waals surface area contributed by atoms with Gasteiger partial charge in [-0.15, -0.1) is 10.2 Å². The van der Waals surface area contributed by atoms with Gasteiger partial charge in [-0.2, -0.15) is 0 Å². The zero-order valence-corrected chi connectivity index (χ0v) is 11.3. The van der Waals surface area contributed by atoms with Crippen LogP contribution < -0.4 is 0 Å². The average molecular weight is 271 g/mol. The van der Waals surface area contributed by atoms with Gasteiger partial charge in [-0.1, -0.05) is 13.3 Å². The van der Waals surface area contributed by atoms with Crippen molar-refractivity contribution < 1.29 is 5.11 Å². The van der Waals surface area contributed by atoms with Crippen molar-refractivity contribution in [3.63, 3.8) is 0 Å². The normalized spacial score (nSPS) is 26.8. The number of nitrogens with zero attached hydrogens (tertiary/aromatic N) is 4. The van der Waals surface area contributed by atoms with Crippen LogP contribution in [0.3, 0.4) is 0 Å². The van der Waals surface area contributed by atoms with Gasteiger partial charge < -0.3 is 10.1 Å². The van der Waals surface area contributed by atoms with Gasteiger partial charge in [-0.3, -0.25) is 4.40 Å². The maximum atomic E-state index is 9.97. The number of fused-ring (bicyclic) bond motifs is 3. The average Bonchev–Trinajstić information content (AvgIpc) is 3.13. The first-order chi connectivity index (χ1) is 9.78. The molecule has 0 bridgehead atoms. The number of aromatic amines is 1. The standard InChI is InChI=1S/C14H17N5O/c1-2-8-5-9(20)6-10(8)14-18-17-12-7-16-13-11(19(12)14)3-4-15-13/h3-4,7-10,15,20H,2,5-6H2,1H3/t8-,9+,10+/m1/s1. The molecule has 3 aromatic heterocycles. The molecule has 0 saturated heterocycles. The van der Waals surface area contributed by atoms with E-state index in [1.54, 1.807) is 6.20 Å². The summed E-state index contributed by atoms with van der Waals surface area (Å²) in [7, 11) is 0. The summed E-state index contributed by atoms with van der Waals surface area (Å²) in [6.45, 7) is 2.17. The summed E-state index contributed by atoms with van der Waals surface area (Å²) in [5.41, 5.74) is 2.60. The first-order valence-electron chi connectivity index (χ1n) is 7.13. The first-order valence-corrected chi connectivity index (χ1v) is 7.13. The van der Waals surface area contributed by atoms with Crippen LogP contribution in [-0.4, -0.2) is 35.8 Å². The van der Waals surface area contributed by atoms with Crippen LogP contribution in [0.1, 0.15) is 37.9 Å². The Bertz CT molecular complexity index is 761. The lowest BCUT2D eigenvalue weighted by molar-refractivity contribution is 0.176. The van der Waals surface area contributed by atoms with E-state index >= 15 is 0 Å². The van der Waals surface area contributed by atoms with Crippen molar-refractivity contribution in [1.29, 1.82) is 0 Å². The van der Waals surface area contributed by atoms with Crippen molar-refractivity contribution in [1.82, 2.24) is 24.6 Å². The van der Waals surface area contributed by atoms with Gasteiger partial charge in [0.15, 0.2) is 11.3 Å². The van der Waals surface area contributed by atoms with Gasteiger partial charge in [0.1, 0.15) is 5.82 Å². The maximum absolute atomic E-state index is 9.97. The monoisotopic (exact) mass is 271 g/mol. The molecular formula is C14H17N5O. The Balaban J connectivity index is 1.93. The highest BCUT2D eigenvalue weighted by molar-refractivity contribution is 5.74. The number of aliphatic hydroxyl groups excluding tert-OH is 1. The molecule has 1 aliphatic rings. The molecule has 4 rings (SSSR count). The second-order valence-electron chi connectivity index (χ2n) is 5.62. The van der Waals surface area contributed by atoms with Crippen LogP contribution in [0.25, 0.3) is 16.8 Å². The van der Waals surface area contributed by atoms with Crippen molar-refractivity contribution in [3.8, 4) is 0 Å². The summed E-state index contributed by atoms with van der Waals surface area (Å²) in [6.07, 6.45) is 6.08. The maximum Gasteiger partial charge on any atom is 0.179 e. The van der Waals surface area contributed by atoms with Crippen LogP contribution in [0.5, 0.6) is 0 Å². The highest BCUT2D eigenvalue weighted by atomic mass is 16.3. The number of aromatic nitrogens is 5. The lowest BCUT2D eigenvalue weighted by Gasteiger charge is -2.15. The Morgan fingerprint density at radius 1 is 1.40 bits per heavy atom. The molecule has 1 aliphatic carbocycles. The van der Waals surface area contributed by atoms with E-state index in [1.165, 1.54) is 0 Å². The van der Waals surface area contributed by atoms with Crippen LogP contribution >= 0.6 is 0 Å². The summed E-state index contributed by atoms with van der Waals surface area (Å²) in [5.74, 6) is 1.69. The van der Waals surface area contributed by atoms with Crippen LogP contribution in [0.15, 0.2) is 18.5 Å². The predicted octanol–water partition coefficient (Wildman–Crippen LogP) is 1.87. The lowest BCUT2D eigenvalue weighted by Crippen LogP contribution is -2.09. The third-order valence-electron chi connectivity index (χ3n) is 4.49. The zero-order valence-electron chi connectivity index (χ0n) is 11.3. The highest BCUT2D eigenvalue weighted by Crippen LogP contribution is 2.41. The van der Waals surface area contributed by atoms with Crippen molar-refractivity contribution in [2.24, 2.45) is 5.92 Å². The van der Waals surface area contributed by atoms with E-state index in [0.29, 0.717) is 5.92 Å². The van der Waals surface area contributed by atoms with Gasteiger partial charge >= 0.3 is 0 Å². The smallest absolute Gasteiger partial charge is 0.179 e. The molecule has 1 fully saturated rings. The highest BCUT2D eigenvalue weighted by Gasteiger charge is 2.36. The molecule has 0 radical (unpaired) electrons. The van der Waals surface area contributed by atoms with Gasteiger partial charge in [-0.25, -0.2) is 4.98 Å². The van der Waals surface area contributed by atoms with Crippen LogP contribution in [-0.2, 0) is 0 Å². The van der Waals surface area contributed by atoms with Gasteiger partial charge in [-0.05, 0) is 24.8 Å². The fourth-order valence-corrected chi connectivity index (χ4v) is 3.50. The third kappa shape index (κ3) is 1.57. The minimum absolute atomic E-state index is 0.221. The molecular weight excluding hydrogens is 254 g/mol. The second-order valence-corrected chi connectivity index (χ2v) is 5.62. The van der Waals surface area contributed by atoms with E-state index in [-0.39, 0.29) is 12.0 Å². The quantitative estimate of drug-likeness (QED) is 0.745. The summed E-state index contributed by atoms with van der Waals surface area (Å²) in [5, 5.41) is 18.6. The van der Waals surface area contributed by atoms with Crippen molar-refractivity contribution in [2.45, 2.75) is 38.2 Å². The Morgan fingerprint density at radius 3 is 3.15 bits per heavy atom. The molecule has 2 N–H and O–H groups in total. The summed E-state index contributed by atoms with van der Waals surface area (Å²) in [4.78, 5) is 7.45. The van der Waals surface area contributed by atoms with E-state index in [4.69, 9.17) is 0 Å². The Kier molecular flexibility index (Phi) is 2.53. The topological polar surface area (TPSA) is 79.1 Å². The van der Waals surface area contributed by atoms with Gasteiger partial charge in [0.05, 0.1) is 17.8 Å². The number of rotatable bonds is 2. The predicted molar refractivity (Wildman–Crippen MR) is 74.4 cm³/mol. The SMILES string of the molecule is CC[C@@H]1C[C@H](O)C[C@@H]1c1nnc2cnc3[nH]ccc3n12. The number of aliphatic hydroxyl groups is 1. The van der Waals surface area contributed by atoms with Crippen molar-refractivity contribution >= 4 is 16.8 Å². The van der Waals surface area contributed by atoms with Gasteiger partial charge in [0, 0.05) is 12.1 Å². The largest absolute Gasteiger partial charge is 0.393 e. The molecule has 104 valence electrons. The molecule has 20 heavy (non-hydrogen) atoms. The minimum atomic E-state index is -0.221. The lowest BCUT2D eigenvalue weighted by atomic mass is 9.93. The van der Waals surface area contributed by atoms with E-state index < -0.39 is 0 Å². The minimum Gasteiger partial charge on any atom is -0.393 e. The molecule has 1 saturated carbocycles. The molecule has 0 aliphatic heterocycles. The van der Waals surface area contributed by atoms with Crippen molar-refractivity contribution in [2.75, 3.05) is 0 Å². The molecule has 6 heteroatoms. The third-order valence-corrected chi connectivity index (χ3v) is 4.49. The molecule has 0 aromatic carbocycles. The van der Waals surface area contributed by atoms with Crippen molar-refractivity contribution in [3.05, 3.63) is 24.3 Å². The van der Waals surface area contributed by atoms with E-state index in [9.17, 15) is 5.11 Å². The van der Waals surface area contributed by atoms with Gasteiger partial charge in [0.2, 0.25) is 0 Å². The molecule has 3 aromatic rings.